The summed E-state index contributed by atoms with van der Waals surface area (Å²) in [5.41, 5.74) is 0. The lowest BCUT2D eigenvalue weighted by atomic mass is 10.4. The van der Waals surface area contributed by atoms with Crippen molar-refractivity contribution >= 4 is 34.2 Å². The highest BCUT2D eigenvalue weighted by molar-refractivity contribution is 9.10. The van der Waals surface area contributed by atoms with E-state index >= 15 is 0 Å². The van der Waals surface area contributed by atoms with Gasteiger partial charge >= 0.3 is 0 Å². The van der Waals surface area contributed by atoms with Gasteiger partial charge in [-0.05, 0) is 34.5 Å². The number of pyridine rings is 1. The molecule has 2 nitrogen and oxygen atoms in total. The van der Waals surface area contributed by atoms with Gasteiger partial charge in [-0.2, -0.15) is 0 Å². The van der Waals surface area contributed by atoms with Crippen LogP contribution in [0, 0.1) is 0 Å². The number of nitrogens with zero attached hydrogens (tertiary/aromatic N) is 1. The molecule has 68 valence electrons. The Balaban J connectivity index is 0.00000121. The van der Waals surface area contributed by atoms with Gasteiger partial charge in [0.05, 0.1) is 0 Å². The lowest BCUT2D eigenvalue weighted by Gasteiger charge is -2.02. The standard InChI is InChI=1S/C8H11BrN2.ClH/c1-2-6-10-8-5-3-4-7(9)11-8;/h3-5H,2,6H2,1H3,(H,10,11);1H. The van der Waals surface area contributed by atoms with Crippen LogP contribution in [0.1, 0.15) is 13.3 Å². The van der Waals surface area contributed by atoms with E-state index in [1.54, 1.807) is 0 Å². The first-order chi connectivity index (χ1) is 5.33. The van der Waals surface area contributed by atoms with Gasteiger partial charge in [0.15, 0.2) is 0 Å². The minimum Gasteiger partial charge on any atom is -0.370 e. The summed E-state index contributed by atoms with van der Waals surface area (Å²) in [4.78, 5) is 4.22. The summed E-state index contributed by atoms with van der Waals surface area (Å²) in [6, 6.07) is 5.84. The lowest BCUT2D eigenvalue weighted by Crippen LogP contribution is -2.01. The summed E-state index contributed by atoms with van der Waals surface area (Å²) < 4.78 is 0.874. The van der Waals surface area contributed by atoms with Gasteiger partial charge in [-0.3, -0.25) is 0 Å². The van der Waals surface area contributed by atoms with E-state index in [1.807, 2.05) is 18.2 Å². The third kappa shape index (κ3) is 3.93. The van der Waals surface area contributed by atoms with Crippen LogP contribution >= 0.6 is 28.3 Å². The first-order valence-electron chi connectivity index (χ1n) is 3.69. The molecule has 0 atom stereocenters. The van der Waals surface area contributed by atoms with Crippen LogP contribution in [0.4, 0.5) is 5.82 Å². The molecule has 12 heavy (non-hydrogen) atoms. The van der Waals surface area contributed by atoms with Crippen LogP contribution in [-0.2, 0) is 0 Å². The fourth-order valence-electron chi connectivity index (χ4n) is 0.760. The molecule has 0 aliphatic carbocycles. The van der Waals surface area contributed by atoms with Crippen LogP contribution in [0.15, 0.2) is 22.8 Å². The average Bonchev–Trinajstić information content (AvgIpc) is 2.01. The molecule has 0 radical (unpaired) electrons. The molecule has 0 aromatic carbocycles. The number of aromatic nitrogens is 1. The second kappa shape index (κ2) is 6.26. The third-order valence-corrected chi connectivity index (χ3v) is 1.71. The predicted molar refractivity (Wildman–Crippen MR) is 58.0 cm³/mol. The molecule has 0 amide bonds. The average molecular weight is 252 g/mol. The predicted octanol–water partition coefficient (Wildman–Crippen LogP) is 3.09. The molecule has 0 fully saturated rings. The Hall–Kier alpha value is -0.280. The van der Waals surface area contributed by atoms with Crippen LogP contribution in [-0.4, -0.2) is 11.5 Å². The van der Waals surface area contributed by atoms with Gasteiger partial charge in [0.25, 0.3) is 0 Å². The molecule has 1 heterocycles. The van der Waals surface area contributed by atoms with Gasteiger partial charge in [0.1, 0.15) is 10.4 Å². The van der Waals surface area contributed by atoms with E-state index in [0.717, 1.165) is 23.4 Å². The number of halogens is 2. The smallest absolute Gasteiger partial charge is 0.127 e. The Morgan fingerprint density at radius 2 is 2.25 bits per heavy atom. The molecule has 1 aromatic heterocycles. The van der Waals surface area contributed by atoms with Gasteiger partial charge in [0.2, 0.25) is 0 Å². The van der Waals surface area contributed by atoms with E-state index in [9.17, 15) is 0 Å². The summed E-state index contributed by atoms with van der Waals surface area (Å²) in [5, 5.41) is 3.19. The molecule has 0 aliphatic rings. The van der Waals surface area contributed by atoms with E-state index in [1.165, 1.54) is 0 Å². The highest BCUT2D eigenvalue weighted by Gasteiger charge is 1.91. The van der Waals surface area contributed by atoms with Crippen LogP contribution in [0.2, 0.25) is 0 Å². The molecule has 0 bridgehead atoms. The van der Waals surface area contributed by atoms with Crippen molar-refractivity contribution in [3.8, 4) is 0 Å². The molecule has 4 heteroatoms. The third-order valence-electron chi connectivity index (χ3n) is 1.27. The molecule has 1 aromatic rings. The van der Waals surface area contributed by atoms with Crippen LogP contribution in [0.5, 0.6) is 0 Å². The normalized spacial score (nSPS) is 8.83. The zero-order valence-corrected chi connectivity index (χ0v) is 9.28. The molecule has 0 aliphatic heterocycles. The first-order valence-corrected chi connectivity index (χ1v) is 4.48. The van der Waals surface area contributed by atoms with Crippen molar-refractivity contribution in [3.63, 3.8) is 0 Å². The molecule has 0 unspecified atom stereocenters. The summed E-state index contributed by atoms with van der Waals surface area (Å²) in [6.07, 6.45) is 1.12. The van der Waals surface area contributed by atoms with Crippen molar-refractivity contribution in [3.05, 3.63) is 22.8 Å². The number of anilines is 1. The Bertz CT molecular complexity index is 230. The van der Waals surface area contributed by atoms with E-state index in [4.69, 9.17) is 0 Å². The molecule has 1 rings (SSSR count). The second-order valence-corrected chi connectivity index (χ2v) is 3.08. The van der Waals surface area contributed by atoms with Gasteiger partial charge in [0, 0.05) is 6.54 Å². The largest absolute Gasteiger partial charge is 0.370 e. The maximum absolute atomic E-state index is 4.22. The van der Waals surface area contributed by atoms with Gasteiger partial charge in [-0.25, -0.2) is 4.98 Å². The molecule has 0 spiro atoms. The minimum absolute atomic E-state index is 0. The Kier molecular flexibility index (Phi) is 6.11. The fourth-order valence-corrected chi connectivity index (χ4v) is 1.10. The summed E-state index contributed by atoms with van der Waals surface area (Å²) in [6.45, 7) is 3.11. The number of hydrogen-bond donors (Lipinski definition) is 1. The maximum atomic E-state index is 4.22. The minimum atomic E-state index is 0. The summed E-state index contributed by atoms with van der Waals surface area (Å²) in [7, 11) is 0. The van der Waals surface area contributed by atoms with Crippen molar-refractivity contribution in [1.29, 1.82) is 0 Å². The highest BCUT2D eigenvalue weighted by Crippen LogP contribution is 2.09. The topological polar surface area (TPSA) is 24.9 Å². The molecule has 0 saturated carbocycles. The first kappa shape index (κ1) is 11.7. The SMILES string of the molecule is CCCNc1cccc(Br)n1.Cl. The second-order valence-electron chi connectivity index (χ2n) is 2.27. The number of hydrogen-bond acceptors (Lipinski definition) is 2. The zero-order valence-electron chi connectivity index (χ0n) is 6.88. The summed E-state index contributed by atoms with van der Waals surface area (Å²) in [5.74, 6) is 0.932. The van der Waals surface area contributed by atoms with Crippen molar-refractivity contribution in [2.45, 2.75) is 13.3 Å². The molecule has 0 saturated heterocycles. The van der Waals surface area contributed by atoms with Crippen molar-refractivity contribution in [2.75, 3.05) is 11.9 Å². The van der Waals surface area contributed by atoms with Crippen LogP contribution in [0.3, 0.4) is 0 Å². The van der Waals surface area contributed by atoms with Gasteiger partial charge in [-0.1, -0.05) is 13.0 Å². The van der Waals surface area contributed by atoms with Crippen molar-refractivity contribution in [2.24, 2.45) is 0 Å². The molecule has 1 N–H and O–H groups in total. The van der Waals surface area contributed by atoms with Crippen LogP contribution in [0.25, 0.3) is 0 Å². The van der Waals surface area contributed by atoms with E-state index in [-0.39, 0.29) is 12.4 Å². The van der Waals surface area contributed by atoms with E-state index < -0.39 is 0 Å². The Morgan fingerprint density at radius 1 is 1.50 bits per heavy atom. The zero-order chi connectivity index (χ0) is 8.10. The summed E-state index contributed by atoms with van der Waals surface area (Å²) >= 11 is 3.30. The van der Waals surface area contributed by atoms with Crippen molar-refractivity contribution < 1.29 is 0 Å². The number of rotatable bonds is 3. The monoisotopic (exact) mass is 250 g/mol. The van der Waals surface area contributed by atoms with E-state index in [0.29, 0.717) is 0 Å². The molecular formula is C8H12BrClN2. The quantitative estimate of drug-likeness (QED) is 0.835. The van der Waals surface area contributed by atoms with Crippen LogP contribution < -0.4 is 5.32 Å². The highest BCUT2D eigenvalue weighted by atomic mass is 79.9. The maximum Gasteiger partial charge on any atom is 0.127 e. The van der Waals surface area contributed by atoms with E-state index in [2.05, 4.69) is 33.2 Å². The Labute approximate surface area is 87.3 Å². The fraction of sp³-hybridized carbons (Fsp3) is 0.375. The van der Waals surface area contributed by atoms with Gasteiger partial charge in [-0.15, -0.1) is 12.4 Å². The Morgan fingerprint density at radius 3 is 2.83 bits per heavy atom. The molecular weight excluding hydrogens is 239 g/mol. The lowest BCUT2D eigenvalue weighted by molar-refractivity contribution is 0.968. The van der Waals surface area contributed by atoms with Crippen molar-refractivity contribution in [1.82, 2.24) is 4.98 Å². The van der Waals surface area contributed by atoms with Gasteiger partial charge < -0.3 is 5.32 Å². The number of nitrogens with one attached hydrogen (secondary N) is 1.